The number of hydrazone groups is 1. The van der Waals surface area contributed by atoms with E-state index in [4.69, 9.17) is 16.0 Å². The molecule has 2 N–H and O–H groups in total. The third kappa shape index (κ3) is 4.86. The highest BCUT2D eigenvalue weighted by Crippen LogP contribution is 2.27. The Morgan fingerprint density at radius 1 is 1.07 bits per heavy atom. The minimum absolute atomic E-state index is 0.174. The summed E-state index contributed by atoms with van der Waals surface area (Å²) < 4.78 is 5.75. The third-order valence-electron chi connectivity index (χ3n) is 3.92. The number of nitrogens with one attached hydrogen (secondary N) is 2. The minimum Gasteiger partial charge on any atom is -0.455 e. The molecule has 3 rings (SSSR count). The van der Waals surface area contributed by atoms with E-state index in [9.17, 15) is 9.59 Å². The lowest BCUT2D eigenvalue weighted by Gasteiger charge is -2.03. The van der Waals surface area contributed by atoms with Gasteiger partial charge in [0.15, 0.2) is 0 Å². The lowest BCUT2D eigenvalue weighted by atomic mass is 10.1. The number of hydrogen-bond acceptors (Lipinski definition) is 4. The first kappa shape index (κ1) is 19.4. The number of benzene rings is 2. The number of rotatable bonds is 5. The van der Waals surface area contributed by atoms with Crippen LogP contribution in [0.5, 0.6) is 0 Å². The standard InChI is InChI=1S/C21H18ClN3O3/c1-13-3-6-16(22)11-19(13)20-10-9-18(28-20)12-23-25-21(27)15-4-7-17(8-5-15)24-14(2)26/h3-12H,1-2H3,(H,24,26)(H,25,27)/b23-12-. The van der Waals surface area contributed by atoms with Crippen LogP contribution in [0.4, 0.5) is 5.69 Å². The molecule has 0 atom stereocenters. The van der Waals surface area contributed by atoms with Gasteiger partial charge in [-0.25, -0.2) is 5.43 Å². The zero-order valence-corrected chi connectivity index (χ0v) is 16.1. The topological polar surface area (TPSA) is 83.7 Å². The van der Waals surface area contributed by atoms with Gasteiger partial charge in [-0.15, -0.1) is 0 Å². The number of carbonyl (C=O) groups is 2. The van der Waals surface area contributed by atoms with Crippen molar-refractivity contribution in [3.63, 3.8) is 0 Å². The monoisotopic (exact) mass is 395 g/mol. The molecule has 0 bridgehead atoms. The van der Waals surface area contributed by atoms with Crippen LogP contribution in [0.2, 0.25) is 5.02 Å². The summed E-state index contributed by atoms with van der Waals surface area (Å²) >= 11 is 6.05. The molecule has 2 amide bonds. The average molecular weight is 396 g/mol. The average Bonchev–Trinajstić information content (AvgIpc) is 3.12. The van der Waals surface area contributed by atoms with Crippen molar-refractivity contribution in [2.45, 2.75) is 13.8 Å². The first-order valence-electron chi connectivity index (χ1n) is 8.50. The Morgan fingerprint density at radius 2 is 1.82 bits per heavy atom. The van der Waals surface area contributed by atoms with Crippen LogP contribution in [0.3, 0.4) is 0 Å². The molecule has 0 spiro atoms. The second kappa shape index (κ2) is 8.54. The number of nitrogens with zero attached hydrogens (tertiary/aromatic N) is 1. The summed E-state index contributed by atoms with van der Waals surface area (Å²) in [7, 11) is 0. The van der Waals surface area contributed by atoms with Gasteiger partial charge in [0.1, 0.15) is 11.5 Å². The summed E-state index contributed by atoms with van der Waals surface area (Å²) in [6.45, 7) is 3.39. The smallest absolute Gasteiger partial charge is 0.271 e. The van der Waals surface area contributed by atoms with Gasteiger partial charge in [-0.1, -0.05) is 17.7 Å². The molecule has 0 aliphatic carbocycles. The molecule has 7 heteroatoms. The lowest BCUT2D eigenvalue weighted by Crippen LogP contribution is -2.17. The van der Waals surface area contributed by atoms with E-state index in [-0.39, 0.29) is 11.8 Å². The number of furan rings is 1. The zero-order chi connectivity index (χ0) is 20.1. The molecule has 0 fully saturated rings. The van der Waals surface area contributed by atoms with Crippen molar-refractivity contribution in [2.24, 2.45) is 5.10 Å². The van der Waals surface area contributed by atoms with Crippen LogP contribution in [0.1, 0.15) is 28.6 Å². The molecule has 6 nitrogen and oxygen atoms in total. The highest BCUT2D eigenvalue weighted by atomic mass is 35.5. The van der Waals surface area contributed by atoms with E-state index in [2.05, 4.69) is 15.8 Å². The van der Waals surface area contributed by atoms with Crippen LogP contribution in [0.15, 0.2) is 64.1 Å². The predicted octanol–water partition coefficient (Wildman–Crippen LogP) is 4.63. The summed E-state index contributed by atoms with van der Waals surface area (Å²) in [6.07, 6.45) is 1.42. The van der Waals surface area contributed by atoms with Crippen molar-refractivity contribution in [2.75, 3.05) is 5.32 Å². The fourth-order valence-corrected chi connectivity index (χ4v) is 2.73. The maximum absolute atomic E-state index is 12.1. The highest BCUT2D eigenvalue weighted by molar-refractivity contribution is 6.30. The fourth-order valence-electron chi connectivity index (χ4n) is 2.55. The van der Waals surface area contributed by atoms with Crippen molar-refractivity contribution >= 4 is 35.3 Å². The first-order valence-corrected chi connectivity index (χ1v) is 8.87. The molecule has 0 aliphatic heterocycles. The number of hydrogen-bond donors (Lipinski definition) is 2. The van der Waals surface area contributed by atoms with Crippen molar-refractivity contribution in [3.8, 4) is 11.3 Å². The maximum Gasteiger partial charge on any atom is 0.271 e. The van der Waals surface area contributed by atoms with E-state index in [1.54, 1.807) is 30.3 Å². The van der Waals surface area contributed by atoms with Crippen molar-refractivity contribution in [1.29, 1.82) is 0 Å². The van der Waals surface area contributed by atoms with E-state index in [1.807, 2.05) is 31.2 Å². The van der Waals surface area contributed by atoms with Crippen LogP contribution in [0.25, 0.3) is 11.3 Å². The molecule has 0 saturated heterocycles. The van der Waals surface area contributed by atoms with E-state index in [0.717, 1.165) is 11.1 Å². The van der Waals surface area contributed by atoms with Gasteiger partial charge in [0.05, 0.1) is 6.21 Å². The van der Waals surface area contributed by atoms with Gasteiger partial charge in [0, 0.05) is 28.8 Å². The summed E-state index contributed by atoms with van der Waals surface area (Å²) in [5.74, 6) is 0.618. The Morgan fingerprint density at radius 3 is 2.54 bits per heavy atom. The van der Waals surface area contributed by atoms with Crippen LogP contribution in [0, 0.1) is 6.92 Å². The Balaban J connectivity index is 1.63. The lowest BCUT2D eigenvalue weighted by molar-refractivity contribution is -0.114. The molecule has 142 valence electrons. The van der Waals surface area contributed by atoms with Gasteiger partial charge in [0.25, 0.3) is 5.91 Å². The van der Waals surface area contributed by atoms with Gasteiger partial charge in [-0.05, 0) is 61.0 Å². The third-order valence-corrected chi connectivity index (χ3v) is 4.15. The number of carbonyl (C=O) groups excluding carboxylic acids is 2. The van der Waals surface area contributed by atoms with E-state index >= 15 is 0 Å². The minimum atomic E-state index is -0.372. The van der Waals surface area contributed by atoms with Crippen LogP contribution in [-0.4, -0.2) is 18.0 Å². The van der Waals surface area contributed by atoms with Gasteiger partial charge >= 0.3 is 0 Å². The summed E-state index contributed by atoms with van der Waals surface area (Å²) in [5, 5.41) is 7.19. The van der Waals surface area contributed by atoms with Crippen LogP contribution in [-0.2, 0) is 4.79 Å². The quantitative estimate of drug-likeness (QED) is 0.488. The molecule has 0 saturated carbocycles. The predicted molar refractivity (Wildman–Crippen MR) is 110 cm³/mol. The Labute approximate surface area is 167 Å². The fraction of sp³-hybridized carbons (Fsp3) is 0.0952. The number of halogens is 1. The van der Waals surface area contributed by atoms with Gasteiger partial charge in [-0.3, -0.25) is 9.59 Å². The summed E-state index contributed by atoms with van der Waals surface area (Å²) in [5.41, 5.74) is 5.41. The summed E-state index contributed by atoms with van der Waals surface area (Å²) in [4.78, 5) is 23.1. The molecule has 0 radical (unpaired) electrons. The zero-order valence-electron chi connectivity index (χ0n) is 15.3. The molecular weight excluding hydrogens is 378 g/mol. The first-order chi connectivity index (χ1) is 13.4. The van der Waals surface area contributed by atoms with Gasteiger partial charge in [0.2, 0.25) is 5.91 Å². The van der Waals surface area contributed by atoms with Gasteiger partial charge < -0.3 is 9.73 Å². The summed E-state index contributed by atoms with van der Waals surface area (Å²) in [6, 6.07) is 15.7. The molecule has 1 heterocycles. The Bertz CT molecular complexity index is 1040. The maximum atomic E-state index is 12.1. The Hall–Kier alpha value is -3.38. The molecule has 1 aromatic heterocycles. The van der Waals surface area contributed by atoms with Crippen molar-refractivity contribution in [3.05, 3.63) is 76.5 Å². The second-order valence-corrected chi connectivity index (χ2v) is 6.56. The number of aryl methyl sites for hydroxylation is 1. The van der Waals surface area contributed by atoms with E-state index < -0.39 is 0 Å². The highest BCUT2D eigenvalue weighted by Gasteiger charge is 2.08. The van der Waals surface area contributed by atoms with Crippen LogP contribution < -0.4 is 10.7 Å². The molecule has 2 aromatic carbocycles. The van der Waals surface area contributed by atoms with E-state index in [0.29, 0.717) is 27.8 Å². The molecule has 0 aliphatic rings. The molecule has 0 unspecified atom stereocenters. The Kier molecular flexibility index (Phi) is 5.91. The normalized spacial score (nSPS) is 10.8. The van der Waals surface area contributed by atoms with Crippen molar-refractivity contribution in [1.82, 2.24) is 5.43 Å². The molecule has 3 aromatic rings. The number of amides is 2. The van der Waals surface area contributed by atoms with Crippen LogP contribution >= 0.6 is 11.6 Å². The van der Waals surface area contributed by atoms with Crippen molar-refractivity contribution < 1.29 is 14.0 Å². The second-order valence-electron chi connectivity index (χ2n) is 6.12. The number of anilines is 1. The van der Waals surface area contributed by atoms with E-state index in [1.165, 1.54) is 13.1 Å². The SMILES string of the molecule is CC(=O)Nc1ccc(C(=O)N/N=C\c2ccc(-c3cc(Cl)ccc3C)o2)cc1. The molecule has 28 heavy (non-hydrogen) atoms. The molecular formula is C21H18ClN3O3. The van der Waals surface area contributed by atoms with Gasteiger partial charge in [-0.2, -0.15) is 5.10 Å². The largest absolute Gasteiger partial charge is 0.455 e.